The molecule has 0 unspecified atom stereocenters. The van der Waals surface area contributed by atoms with Crippen molar-refractivity contribution in [2.24, 2.45) is 58.2 Å². The average Bonchev–Trinajstić information content (AvgIpc) is 3.13. The van der Waals surface area contributed by atoms with Gasteiger partial charge in [-0.25, -0.2) is 0 Å². The standard InChI is InChI=1S/C32H54O4/c1-19(2)20(3)9-10-21(4)27-13-14-28-26-12-11-24-17-25(35-22(5)33)15-16-31(24,7)30(26)29(36-23(6)34)18-32(27,28)8/h19-21,24-30H,9-18H2,1-8H3/t20-,21+,24-,25+,26+,27+,28+,29+,30-,31-,32-/m0/s1. The zero-order chi connectivity index (χ0) is 26.4. The first-order chi connectivity index (χ1) is 16.9. The molecule has 0 aromatic rings. The minimum absolute atomic E-state index is 0.0224. The summed E-state index contributed by atoms with van der Waals surface area (Å²) in [6, 6.07) is 0. The smallest absolute Gasteiger partial charge is 0.302 e. The highest BCUT2D eigenvalue weighted by Crippen LogP contribution is 2.69. The van der Waals surface area contributed by atoms with Gasteiger partial charge in [-0.2, -0.15) is 0 Å². The predicted octanol–water partition coefficient (Wildman–Crippen LogP) is 7.83. The predicted molar refractivity (Wildman–Crippen MR) is 144 cm³/mol. The molecular weight excluding hydrogens is 448 g/mol. The van der Waals surface area contributed by atoms with Gasteiger partial charge in [0.1, 0.15) is 12.2 Å². The van der Waals surface area contributed by atoms with Crippen LogP contribution in [0.2, 0.25) is 0 Å². The third-order valence-electron chi connectivity index (χ3n) is 12.1. The highest BCUT2D eigenvalue weighted by Gasteiger charge is 2.64. The molecule has 4 rings (SSSR count). The second-order valence-electron chi connectivity index (χ2n) is 14.4. The lowest BCUT2D eigenvalue weighted by atomic mass is 9.43. The van der Waals surface area contributed by atoms with Crippen molar-refractivity contribution in [3.8, 4) is 0 Å². The molecule has 0 bridgehead atoms. The molecule has 0 heterocycles. The van der Waals surface area contributed by atoms with E-state index < -0.39 is 0 Å². The summed E-state index contributed by atoms with van der Waals surface area (Å²) in [6.07, 6.45) is 11.9. The monoisotopic (exact) mass is 502 g/mol. The fraction of sp³-hybridized carbons (Fsp3) is 0.938. The summed E-state index contributed by atoms with van der Waals surface area (Å²) >= 11 is 0. The van der Waals surface area contributed by atoms with Crippen molar-refractivity contribution in [3.05, 3.63) is 0 Å². The number of hydrogen-bond acceptors (Lipinski definition) is 4. The van der Waals surface area contributed by atoms with E-state index in [2.05, 4.69) is 41.5 Å². The third-order valence-corrected chi connectivity index (χ3v) is 12.1. The Morgan fingerprint density at radius 1 is 0.861 bits per heavy atom. The molecule has 36 heavy (non-hydrogen) atoms. The van der Waals surface area contributed by atoms with Gasteiger partial charge in [0.2, 0.25) is 0 Å². The summed E-state index contributed by atoms with van der Waals surface area (Å²) < 4.78 is 11.9. The SMILES string of the molecule is CC(=O)O[C@@H]1CC[C@@]2(C)[C@@H](CC[C@H]3[C@H]2[C@H](OC(C)=O)C[C@]2(C)[C@@H]3CC[C@@H]2[C@H](C)CC[C@H](C)C(C)C)C1. The quantitative estimate of drug-likeness (QED) is 0.333. The Labute approximate surface area is 221 Å². The first-order valence-electron chi connectivity index (χ1n) is 15.2. The lowest BCUT2D eigenvalue weighted by molar-refractivity contribution is -0.201. The number of carbonyl (C=O) groups is 2. The maximum atomic E-state index is 12.4. The van der Waals surface area contributed by atoms with E-state index >= 15 is 0 Å². The molecule has 0 aliphatic heterocycles. The van der Waals surface area contributed by atoms with E-state index in [9.17, 15) is 9.59 Å². The summed E-state index contributed by atoms with van der Waals surface area (Å²) in [4.78, 5) is 24.0. The van der Waals surface area contributed by atoms with Crippen molar-refractivity contribution in [3.63, 3.8) is 0 Å². The molecule has 4 nitrogen and oxygen atoms in total. The Hall–Kier alpha value is -1.06. The summed E-state index contributed by atoms with van der Waals surface area (Å²) in [5.74, 6) is 5.08. The van der Waals surface area contributed by atoms with Gasteiger partial charge in [0.25, 0.3) is 0 Å². The topological polar surface area (TPSA) is 52.6 Å². The summed E-state index contributed by atoms with van der Waals surface area (Å²) in [6.45, 7) is 17.8. The van der Waals surface area contributed by atoms with Crippen LogP contribution >= 0.6 is 0 Å². The molecule has 4 aliphatic rings. The molecule has 0 N–H and O–H groups in total. The molecule has 4 aliphatic carbocycles. The molecule has 4 fully saturated rings. The fourth-order valence-electron chi connectivity index (χ4n) is 10.0. The summed E-state index contributed by atoms with van der Waals surface area (Å²) in [7, 11) is 0. The maximum Gasteiger partial charge on any atom is 0.302 e. The zero-order valence-corrected chi connectivity index (χ0v) is 24.5. The van der Waals surface area contributed by atoms with E-state index in [-0.39, 0.29) is 35.0 Å². The molecule has 0 aromatic carbocycles. The van der Waals surface area contributed by atoms with Crippen molar-refractivity contribution in [2.45, 2.75) is 132 Å². The van der Waals surface area contributed by atoms with Crippen LogP contribution < -0.4 is 0 Å². The van der Waals surface area contributed by atoms with Gasteiger partial charge in [-0.3, -0.25) is 9.59 Å². The molecule has 11 atom stereocenters. The third kappa shape index (κ3) is 5.13. The number of carbonyl (C=O) groups excluding carboxylic acids is 2. The van der Waals surface area contributed by atoms with Crippen molar-refractivity contribution >= 4 is 11.9 Å². The number of hydrogen-bond donors (Lipinski definition) is 0. The van der Waals surface area contributed by atoms with Gasteiger partial charge in [-0.15, -0.1) is 0 Å². The van der Waals surface area contributed by atoms with Gasteiger partial charge >= 0.3 is 11.9 Å². The van der Waals surface area contributed by atoms with E-state index in [1.807, 2.05) is 0 Å². The number of ether oxygens (including phenoxy) is 2. The molecule has 0 radical (unpaired) electrons. The molecule has 0 saturated heterocycles. The van der Waals surface area contributed by atoms with Gasteiger partial charge in [0, 0.05) is 19.8 Å². The Balaban J connectivity index is 1.57. The molecule has 206 valence electrons. The van der Waals surface area contributed by atoms with Crippen LogP contribution in [0.25, 0.3) is 0 Å². The average molecular weight is 503 g/mol. The highest BCUT2D eigenvalue weighted by molar-refractivity contribution is 5.66. The van der Waals surface area contributed by atoms with Gasteiger partial charge in [0.05, 0.1) is 0 Å². The second kappa shape index (κ2) is 10.6. The van der Waals surface area contributed by atoms with Crippen molar-refractivity contribution in [1.82, 2.24) is 0 Å². The molecular formula is C32H54O4. The van der Waals surface area contributed by atoms with Gasteiger partial charge < -0.3 is 9.47 Å². The van der Waals surface area contributed by atoms with E-state index in [0.717, 1.165) is 55.3 Å². The Bertz CT molecular complexity index is 806. The Kier molecular flexibility index (Phi) is 8.23. The van der Waals surface area contributed by atoms with Gasteiger partial charge in [-0.05, 0) is 104 Å². The van der Waals surface area contributed by atoms with Crippen molar-refractivity contribution < 1.29 is 19.1 Å². The van der Waals surface area contributed by atoms with Crippen LogP contribution in [0.5, 0.6) is 0 Å². The lowest BCUT2D eigenvalue weighted by Gasteiger charge is -2.63. The van der Waals surface area contributed by atoms with E-state index in [1.54, 1.807) is 6.92 Å². The van der Waals surface area contributed by atoms with Crippen LogP contribution in [0.1, 0.15) is 120 Å². The highest BCUT2D eigenvalue weighted by atomic mass is 16.5. The van der Waals surface area contributed by atoms with E-state index in [1.165, 1.54) is 45.4 Å². The minimum atomic E-state index is -0.155. The molecule has 0 aromatic heterocycles. The molecule has 4 saturated carbocycles. The Morgan fingerprint density at radius 3 is 2.19 bits per heavy atom. The van der Waals surface area contributed by atoms with Gasteiger partial charge in [0.15, 0.2) is 0 Å². The second-order valence-corrected chi connectivity index (χ2v) is 14.4. The number of esters is 2. The van der Waals surface area contributed by atoms with Crippen molar-refractivity contribution in [2.75, 3.05) is 0 Å². The van der Waals surface area contributed by atoms with Crippen LogP contribution in [0, 0.1) is 58.2 Å². The van der Waals surface area contributed by atoms with E-state index in [0.29, 0.717) is 17.8 Å². The number of rotatable bonds is 7. The van der Waals surface area contributed by atoms with Crippen molar-refractivity contribution in [1.29, 1.82) is 0 Å². The largest absolute Gasteiger partial charge is 0.463 e. The minimum Gasteiger partial charge on any atom is -0.463 e. The lowest BCUT2D eigenvalue weighted by Crippen LogP contribution is -2.60. The van der Waals surface area contributed by atoms with Gasteiger partial charge in [-0.1, -0.05) is 54.4 Å². The first kappa shape index (κ1) is 28.0. The first-order valence-corrected chi connectivity index (χ1v) is 15.2. The van der Waals surface area contributed by atoms with Crippen LogP contribution in [-0.2, 0) is 19.1 Å². The fourth-order valence-corrected chi connectivity index (χ4v) is 10.0. The van der Waals surface area contributed by atoms with Crippen LogP contribution in [-0.4, -0.2) is 24.1 Å². The molecule has 0 amide bonds. The summed E-state index contributed by atoms with van der Waals surface area (Å²) in [5.41, 5.74) is 0.428. The molecule has 0 spiro atoms. The van der Waals surface area contributed by atoms with Crippen LogP contribution in [0.3, 0.4) is 0 Å². The maximum absolute atomic E-state index is 12.4. The summed E-state index contributed by atoms with van der Waals surface area (Å²) in [5, 5.41) is 0. The number of fused-ring (bicyclic) bond motifs is 5. The normalized spacial score (nSPS) is 43.6. The van der Waals surface area contributed by atoms with E-state index in [4.69, 9.17) is 9.47 Å². The van der Waals surface area contributed by atoms with Crippen LogP contribution in [0.15, 0.2) is 0 Å². The van der Waals surface area contributed by atoms with Crippen LogP contribution in [0.4, 0.5) is 0 Å². The zero-order valence-electron chi connectivity index (χ0n) is 24.5. The molecule has 4 heteroatoms. The Morgan fingerprint density at radius 2 is 1.56 bits per heavy atom.